The fourth-order valence-corrected chi connectivity index (χ4v) is 3.26. The lowest BCUT2D eigenvalue weighted by molar-refractivity contribution is -0.384. The van der Waals surface area contributed by atoms with Crippen LogP contribution in [0, 0.1) is 10.1 Å². The molecule has 0 amide bonds. The molecule has 128 valence electrons. The van der Waals surface area contributed by atoms with Gasteiger partial charge in [-0.1, -0.05) is 47.7 Å². The van der Waals surface area contributed by atoms with Crippen molar-refractivity contribution in [2.24, 2.45) is 0 Å². The van der Waals surface area contributed by atoms with Crippen molar-refractivity contribution in [2.45, 2.75) is 6.42 Å². The summed E-state index contributed by atoms with van der Waals surface area (Å²) in [6.45, 7) is 0. The zero-order valence-corrected chi connectivity index (χ0v) is 14.3. The minimum absolute atomic E-state index is 0.0755. The van der Waals surface area contributed by atoms with Crippen molar-refractivity contribution in [3.05, 3.63) is 86.7 Å². The van der Waals surface area contributed by atoms with E-state index in [1.807, 2.05) is 42.5 Å². The van der Waals surface area contributed by atoms with Crippen molar-refractivity contribution in [3.63, 3.8) is 0 Å². The van der Waals surface area contributed by atoms with Crippen LogP contribution in [-0.4, -0.2) is 24.7 Å². The number of rotatable bonds is 5. The predicted molar refractivity (Wildman–Crippen MR) is 99.9 cm³/mol. The molecule has 7 nitrogen and oxygen atoms in total. The summed E-state index contributed by atoms with van der Waals surface area (Å²) >= 11 is 1.44. The van der Waals surface area contributed by atoms with E-state index in [4.69, 9.17) is 0 Å². The van der Waals surface area contributed by atoms with Gasteiger partial charge in [0.1, 0.15) is 5.01 Å². The first-order valence-corrected chi connectivity index (χ1v) is 8.68. The van der Waals surface area contributed by atoms with E-state index in [1.54, 1.807) is 16.6 Å². The Hall–Kier alpha value is -3.39. The van der Waals surface area contributed by atoms with Crippen molar-refractivity contribution in [1.29, 1.82) is 0 Å². The number of hydrogen-bond acceptors (Lipinski definition) is 6. The smallest absolute Gasteiger partial charge is 0.258 e. The van der Waals surface area contributed by atoms with Crippen LogP contribution >= 0.6 is 11.3 Å². The maximum Gasteiger partial charge on any atom is 0.269 e. The molecule has 0 spiro atoms. The van der Waals surface area contributed by atoms with Gasteiger partial charge >= 0.3 is 0 Å². The van der Waals surface area contributed by atoms with E-state index < -0.39 is 4.92 Å². The Labute approximate surface area is 152 Å². The van der Waals surface area contributed by atoms with Gasteiger partial charge in [0.15, 0.2) is 5.82 Å². The Morgan fingerprint density at radius 2 is 1.81 bits per heavy atom. The number of aromatic nitrogens is 4. The largest absolute Gasteiger partial charge is 0.269 e. The van der Waals surface area contributed by atoms with Crippen LogP contribution in [0.2, 0.25) is 0 Å². The molecule has 0 saturated carbocycles. The van der Waals surface area contributed by atoms with E-state index in [2.05, 4.69) is 15.3 Å². The van der Waals surface area contributed by atoms with E-state index in [0.717, 1.165) is 26.9 Å². The molecule has 0 N–H and O–H groups in total. The van der Waals surface area contributed by atoms with Gasteiger partial charge < -0.3 is 0 Å². The Morgan fingerprint density at radius 1 is 1.04 bits per heavy atom. The van der Waals surface area contributed by atoms with Crippen molar-refractivity contribution in [1.82, 2.24) is 19.8 Å². The normalized spacial score (nSPS) is 11.4. The molecule has 4 aromatic rings. The van der Waals surface area contributed by atoms with Gasteiger partial charge in [-0.15, -0.1) is 10.2 Å². The van der Waals surface area contributed by atoms with Gasteiger partial charge in [-0.3, -0.25) is 10.1 Å². The van der Waals surface area contributed by atoms with E-state index in [0.29, 0.717) is 6.42 Å². The van der Waals surface area contributed by atoms with E-state index in [1.165, 1.54) is 23.5 Å². The summed E-state index contributed by atoms with van der Waals surface area (Å²) in [5.41, 5.74) is 2.09. The molecule has 26 heavy (non-hydrogen) atoms. The van der Waals surface area contributed by atoms with Crippen molar-refractivity contribution in [2.75, 3.05) is 0 Å². The van der Waals surface area contributed by atoms with Gasteiger partial charge in [0, 0.05) is 18.6 Å². The van der Waals surface area contributed by atoms with Crippen molar-refractivity contribution >= 4 is 34.1 Å². The lowest BCUT2D eigenvalue weighted by Gasteiger charge is -1.97. The highest BCUT2D eigenvalue weighted by Crippen LogP contribution is 2.19. The maximum absolute atomic E-state index is 10.7. The molecule has 0 fully saturated rings. The van der Waals surface area contributed by atoms with Crippen LogP contribution in [0.25, 0.3) is 17.1 Å². The monoisotopic (exact) mass is 363 g/mol. The van der Waals surface area contributed by atoms with Gasteiger partial charge in [-0.25, -0.2) is 0 Å². The summed E-state index contributed by atoms with van der Waals surface area (Å²) in [4.78, 5) is 11.0. The molecule has 4 rings (SSSR count). The third-order valence-corrected chi connectivity index (χ3v) is 4.66. The molecular weight excluding hydrogens is 350 g/mol. The van der Waals surface area contributed by atoms with Gasteiger partial charge in [0.05, 0.1) is 4.92 Å². The molecule has 0 aliphatic carbocycles. The highest BCUT2D eigenvalue weighted by molar-refractivity contribution is 7.17. The highest BCUT2D eigenvalue weighted by Gasteiger charge is 2.11. The molecule has 0 bridgehead atoms. The second kappa shape index (κ2) is 6.85. The van der Waals surface area contributed by atoms with Crippen LogP contribution in [-0.2, 0) is 6.42 Å². The van der Waals surface area contributed by atoms with Gasteiger partial charge in [-0.2, -0.15) is 9.61 Å². The second-order valence-electron chi connectivity index (χ2n) is 5.60. The quantitative estimate of drug-likeness (QED) is 0.397. The fraction of sp³-hybridized carbons (Fsp3) is 0.0556. The Balaban J connectivity index is 1.55. The van der Waals surface area contributed by atoms with Gasteiger partial charge in [-0.05, 0) is 29.3 Å². The summed E-state index contributed by atoms with van der Waals surface area (Å²) in [6.07, 6.45) is 4.40. The second-order valence-corrected chi connectivity index (χ2v) is 6.58. The first-order valence-electron chi connectivity index (χ1n) is 7.86. The first kappa shape index (κ1) is 16.1. The summed E-state index contributed by atoms with van der Waals surface area (Å²) in [7, 11) is 0. The lowest BCUT2D eigenvalue weighted by atomic mass is 10.1. The van der Waals surface area contributed by atoms with Crippen LogP contribution in [0.5, 0.6) is 0 Å². The Morgan fingerprint density at radius 3 is 2.54 bits per heavy atom. The summed E-state index contributed by atoms with van der Waals surface area (Å²) < 4.78 is 1.76. The molecule has 2 aromatic heterocycles. The number of nitrogens with zero attached hydrogens (tertiary/aromatic N) is 5. The molecule has 0 atom stereocenters. The van der Waals surface area contributed by atoms with Gasteiger partial charge in [0.25, 0.3) is 5.69 Å². The maximum atomic E-state index is 10.7. The molecule has 2 aromatic carbocycles. The highest BCUT2D eigenvalue weighted by atomic mass is 32.1. The number of fused-ring (bicyclic) bond motifs is 1. The number of hydrogen-bond donors (Lipinski definition) is 0. The molecule has 0 unspecified atom stereocenters. The summed E-state index contributed by atoms with van der Waals surface area (Å²) in [6, 6.07) is 16.4. The van der Waals surface area contributed by atoms with Crippen LogP contribution in [0.3, 0.4) is 0 Å². The topological polar surface area (TPSA) is 86.2 Å². The zero-order chi connectivity index (χ0) is 17.9. The number of benzene rings is 2. The molecule has 2 heterocycles. The third kappa shape index (κ3) is 3.35. The average Bonchev–Trinajstić information content (AvgIpc) is 3.23. The molecule has 0 radical (unpaired) electrons. The minimum atomic E-state index is -0.412. The molecule has 0 aliphatic heterocycles. The van der Waals surface area contributed by atoms with E-state index >= 15 is 0 Å². The molecule has 0 aliphatic rings. The standard InChI is InChI=1S/C18H13N5O2S/c24-23(25)15-9-6-13(7-10-15)8-11-17-21-22-16(19-20-18(22)26-17)12-14-4-2-1-3-5-14/h1-11H,12H2. The predicted octanol–water partition coefficient (Wildman–Crippen LogP) is 3.86. The summed E-state index contributed by atoms with van der Waals surface area (Å²) in [5.74, 6) is 0.789. The van der Waals surface area contributed by atoms with Crippen molar-refractivity contribution in [3.8, 4) is 0 Å². The average molecular weight is 363 g/mol. The van der Waals surface area contributed by atoms with Crippen LogP contribution < -0.4 is 0 Å². The van der Waals surface area contributed by atoms with Crippen LogP contribution in [0.4, 0.5) is 5.69 Å². The molecule has 0 saturated heterocycles. The molecule has 8 heteroatoms. The Bertz CT molecular complexity index is 1080. The fourth-order valence-electron chi connectivity index (χ4n) is 2.50. The third-order valence-electron chi connectivity index (χ3n) is 3.80. The zero-order valence-electron chi connectivity index (χ0n) is 13.5. The summed E-state index contributed by atoms with van der Waals surface area (Å²) in [5, 5.41) is 24.4. The first-order chi connectivity index (χ1) is 12.7. The lowest BCUT2D eigenvalue weighted by Crippen LogP contribution is -1.97. The van der Waals surface area contributed by atoms with E-state index in [-0.39, 0.29) is 5.69 Å². The number of nitro groups is 1. The van der Waals surface area contributed by atoms with Crippen molar-refractivity contribution < 1.29 is 4.92 Å². The van der Waals surface area contributed by atoms with Crippen LogP contribution in [0.1, 0.15) is 22.0 Å². The van der Waals surface area contributed by atoms with Gasteiger partial charge in [0.2, 0.25) is 4.96 Å². The minimum Gasteiger partial charge on any atom is -0.258 e. The van der Waals surface area contributed by atoms with Crippen LogP contribution in [0.15, 0.2) is 54.6 Å². The van der Waals surface area contributed by atoms with E-state index in [9.17, 15) is 10.1 Å². The number of nitro benzene ring substituents is 1. The Kier molecular flexibility index (Phi) is 4.24. The number of non-ortho nitro benzene ring substituents is 1. The SMILES string of the molecule is O=[N+]([O-])c1ccc(C=Cc2nn3c(Cc4ccccc4)nnc3s2)cc1. The molecular formula is C18H13N5O2S.